The predicted molar refractivity (Wildman–Crippen MR) is 110 cm³/mol. The fourth-order valence-electron chi connectivity index (χ4n) is 3.79. The second-order valence-electron chi connectivity index (χ2n) is 7.83. The highest BCUT2D eigenvalue weighted by atomic mass is 32.2. The number of sulfonamides is 1. The quantitative estimate of drug-likeness (QED) is 0.349. The maximum Gasteiger partial charge on any atom is 0.309 e. The highest BCUT2D eigenvalue weighted by Gasteiger charge is 2.33. The number of carboxylic acids is 1. The topological polar surface area (TPSA) is 107 Å². The molecule has 7 heteroatoms. The summed E-state index contributed by atoms with van der Waals surface area (Å²) in [5.74, 6) is -0.642. The Balaban J connectivity index is 4.02. The van der Waals surface area contributed by atoms with E-state index in [1.165, 1.54) is 0 Å². The number of rotatable bonds is 17. The van der Waals surface area contributed by atoms with Crippen LogP contribution in [0.5, 0.6) is 0 Å². The van der Waals surface area contributed by atoms with E-state index < -0.39 is 21.4 Å². The summed E-state index contributed by atoms with van der Waals surface area (Å²) in [6.45, 7) is 9.23. The molecule has 0 aliphatic rings. The zero-order valence-corrected chi connectivity index (χ0v) is 18.6. The number of hydrogen-bond donors (Lipinski definition) is 2. The summed E-state index contributed by atoms with van der Waals surface area (Å²) in [5, 5.41) is 14.7. The molecule has 0 saturated heterocycles. The van der Waals surface area contributed by atoms with E-state index in [1.807, 2.05) is 27.7 Å². The zero-order valence-electron chi connectivity index (χ0n) is 17.8. The second kappa shape index (κ2) is 12.7. The van der Waals surface area contributed by atoms with Crippen LogP contribution < -0.4 is 5.14 Å². The molecule has 0 radical (unpaired) electrons. The van der Waals surface area contributed by atoms with Crippen molar-refractivity contribution in [3.8, 4) is 0 Å². The van der Waals surface area contributed by atoms with Crippen molar-refractivity contribution in [2.75, 3.05) is 19.0 Å². The van der Waals surface area contributed by atoms with Gasteiger partial charge in [-0.05, 0) is 56.8 Å². The third-order valence-corrected chi connectivity index (χ3v) is 7.27. The first-order chi connectivity index (χ1) is 12.6. The van der Waals surface area contributed by atoms with Crippen LogP contribution in [0, 0.1) is 10.8 Å². The maximum atomic E-state index is 11.5. The zero-order chi connectivity index (χ0) is 21.0. The number of primary sulfonamides is 1. The van der Waals surface area contributed by atoms with Gasteiger partial charge in [0, 0.05) is 13.2 Å². The highest BCUT2D eigenvalue weighted by Crippen LogP contribution is 2.34. The van der Waals surface area contributed by atoms with E-state index >= 15 is 0 Å². The van der Waals surface area contributed by atoms with Gasteiger partial charge in [-0.3, -0.25) is 4.79 Å². The Kier molecular flexibility index (Phi) is 12.4. The van der Waals surface area contributed by atoms with Crippen LogP contribution in [0.4, 0.5) is 0 Å². The standard InChI is InChI=1S/C20H41NO5S/c1-5-19(6-2,17-27(21,24)25)13-9-11-15-26-16-12-10-14-20(7-3,8-4)18(22)23/h5-17H2,1-4H3,(H,22,23)(H2,21,24,25). The Labute approximate surface area is 166 Å². The van der Waals surface area contributed by atoms with Gasteiger partial charge in [0.2, 0.25) is 10.0 Å². The maximum absolute atomic E-state index is 11.5. The first-order valence-corrected chi connectivity index (χ1v) is 12.1. The van der Waals surface area contributed by atoms with Gasteiger partial charge in [-0.15, -0.1) is 0 Å². The molecule has 0 aromatic carbocycles. The molecule has 0 amide bonds. The average molecular weight is 408 g/mol. The molecule has 0 bridgehead atoms. The van der Waals surface area contributed by atoms with E-state index in [1.54, 1.807) is 0 Å². The molecule has 0 spiro atoms. The summed E-state index contributed by atoms with van der Waals surface area (Å²) in [5.41, 5.74) is -0.818. The average Bonchev–Trinajstić information content (AvgIpc) is 2.61. The van der Waals surface area contributed by atoms with Gasteiger partial charge < -0.3 is 9.84 Å². The van der Waals surface area contributed by atoms with Crippen LogP contribution in [0.25, 0.3) is 0 Å². The third kappa shape index (κ3) is 9.90. The first kappa shape index (κ1) is 26.3. The molecule has 0 saturated carbocycles. The summed E-state index contributed by atoms with van der Waals surface area (Å²) in [7, 11) is -3.46. The molecule has 0 fully saturated rings. The van der Waals surface area contributed by atoms with Gasteiger partial charge >= 0.3 is 5.97 Å². The lowest BCUT2D eigenvalue weighted by molar-refractivity contribution is -0.150. The summed E-state index contributed by atoms with van der Waals surface area (Å²) in [6, 6.07) is 0. The van der Waals surface area contributed by atoms with Crippen LogP contribution in [-0.4, -0.2) is 38.5 Å². The molecule has 3 N–H and O–H groups in total. The molecule has 0 rings (SSSR count). The normalized spacial score (nSPS) is 13.1. The van der Waals surface area contributed by atoms with Crippen molar-refractivity contribution >= 4 is 16.0 Å². The Morgan fingerprint density at radius 1 is 0.889 bits per heavy atom. The molecule has 6 nitrogen and oxygen atoms in total. The number of ether oxygens (including phenoxy) is 1. The second-order valence-corrected chi connectivity index (χ2v) is 9.45. The van der Waals surface area contributed by atoms with Gasteiger partial charge in [0.1, 0.15) is 0 Å². The third-order valence-electron chi connectivity index (χ3n) is 6.25. The van der Waals surface area contributed by atoms with Crippen LogP contribution >= 0.6 is 0 Å². The first-order valence-electron chi connectivity index (χ1n) is 10.4. The smallest absolute Gasteiger partial charge is 0.309 e. The molecular weight excluding hydrogens is 366 g/mol. The monoisotopic (exact) mass is 407 g/mol. The number of hydrogen-bond acceptors (Lipinski definition) is 4. The van der Waals surface area contributed by atoms with Crippen LogP contribution in [0.3, 0.4) is 0 Å². The lowest BCUT2D eigenvalue weighted by Gasteiger charge is -2.30. The van der Waals surface area contributed by atoms with Gasteiger partial charge in [0.15, 0.2) is 0 Å². The number of unbranched alkanes of at least 4 members (excludes halogenated alkanes) is 2. The van der Waals surface area contributed by atoms with Crippen molar-refractivity contribution in [3.05, 3.63) is 0 Å². The Bertz CT molecular complexity index is 510. The van der Waals surface area contributed by atoms with Gasteiger partial charge in [-0.2, -0.15) is 0 Å². The van der Waals surface area contributed by atoms with E-state index in [-0.39, 0.29) is 11.2 Å². The van der Waals surface area contributed by atoms with E-state index in [0.717, 1.165) is 44.9 Å². The van der Waals surface area contributed by atoms with Gasteiger partial charge in [-0.1, -0.05) is 40.5 Å². The van der Waals surface area contributed by atoms with E-state index in [0.29, 0.717) is 32.5 Å². The molecule has 0 heterocycles. The van der Waals surface area contributed by atoms with Crippen molar-refractivity contribution in [2.45, 2.75) is 91.9 Å². The van der Waals surface area contributed by atoms with E-state index in [9.17, 15) is 18.3 Å². The Morgan fingerprint density at radius 3 is 1.74 bits per heavy atom. The largest absolute Gasteiger partial charge is 0.481 e. The molecule has 0 aromatic heterocycles. The van der Waals surface area contributed by atoms with Crippen molar-refractivity contribution in [1.29, 1.82) is 0 Å². The Hall–Kier alpha value is -0.660. The summed E-state index contributed by atoms with van der Waals surface area (Å²) >= 11 is 0. The van der Waals surface area contributed by atoms with Gasteiger partial charge in [-0.25, -0.2) is 13.6 Å². The molecular formula is C20H41NO5S. The number of carboxylic acid groups (broad SMARTS) is 1. The lowest BCUT2D eigenvalue weighted by Crippen LogP contribution is -2.33. The minimum atomic E-state index is -3.46. The predicted octanol–water partition coefficient (Wildman–Crippen LogP) is 4.33. The molecule has 0 unspecified atom stereocenters. The highest BCUT2D eigenvalue weighted by molar-refractivity contribution is 7.89. The number of nitrogens with two attached hydrogens (primary N) is 1. The van der Waals surface area contributed by atoms with Crippen molar-refractivity contribution in [1.82, 2.24) is 0 Å². The summed E-state index contributed by atoms with van der Waals surface area (Å²) in [4.78, 5) is 11.5. The molecule has 0 atom stereocenters. The van der Waals surface area contributed by atoms with Crippen molar-refractivity contribution in [3.63, 3.8) is 0 Å². The van der Waals surface area contributed by atoms with E-state index in [4.69, 9.17) is 9.88 Å². The van der Waals surface area contributed by atoms with Crippen LogP contribution in [0.15, 0.2) is 0 Å². The van der Waals surface area contributed by atoms with Gasteiger partial charge in [0.05, 0.1) is 11.2 Å². The molecule has 0 aliphatic heterocycles. The van der Waals surface area contributed by atoms with Gasteiger partial charge in [0.25, 0.3) is 0 Å². The minimum absolute atomic E-state index is 0.0496. The van der Waals surface area contributed by atoms with Crippen molar-refractivity contribution < 1.29 is 23.1 Å². The minimum Gasteiger partial charge on any atom is -0.481 e. The fourth-order valence-corrected chi connectivity index (χ4v) is 5.20. The van der Waals surface area contributed by atoms with Crippen LogP contribution in [0.1, 0.15) is 91.9 Å². The summed E-state index contributed by atoms with van der Waals surface area (Å²) in [6.07, 6.45) is 8.02. The van der Waals surface area contributed by atoms with Crippen molar-refractivity contribution in [2.24, 2.45) is 16.0 Å². The van der Waals surface area contributed by atoms with Crippen LogP contribution in [0.2, 0.25) is 0 Å². The number of aliphatic carboxylic acids is 1. The SMILES string of the molecule is CCC(CC)(CCCCOCCCCC(CC)(CC)C(=O)O)CS(N)(=O)=O. The number of carbonyl (C=O) groups is 1. The fraction of sp³-hybridized carbons (Fsp3) is 0.950. The summed E-state index contributed by atoms with van der Waals surface area (Å²) < 4.78 is 28.6. The molecule has 0 aliphatic carbocycles. The Morgan fingerprint density at radius 2 is 1.37 bits per heavy atom. The van der Waals surface area contributed by atoms with Crippen LogP contribution in [-0.2, 0) is 19.6 Å². The lowest BCUT2D eigenvalue weighted by atomic mass is 9.78. The molecule has 162 valence electrons. The molecule has 0 aromatic rings. The molecule has 27 heavy (non-hydrogen) atoms. The van der Waals surface area contributed by atoms with E-state index in [2.05, 4.69) is 0 Å².